The van der Waals surface area contributed by atoms with Gasteiger partial charge in [-0.1, -0.05) is 55.0 Å². The van der Waals surface area contributed by atoms with Gasteiger partial charge < -0.3 is 10.2 Å². The van der Waals surface area contributed by atoms with Crippen molar-refractivity contribution in [2.24, 2.45) is 0 Å². The van der Waals surface area contributed by atoms with Gasteiger partial charge in [0.2, 0.25) is 5.91 Å². The molecule has 4 heteroatoms. The highest BCUT2D eigenvalue weighted by Gasteiger charge is 2.47. The summed E-state index contributed by atoms with van der Waals surface area (Å²) < 4.78 is 0. The van der Waals surface area contributed by atoms with Crippen molar-refractivity contribution in [1.29, 1.82) is 0 Å². The summed E-state index contributed by atoms with van der Waals surface area (Å²) in [5.74, 6) is 0.260. The molecule has 4 rings (SSSR count). The Kier molecular flexibility index (Phi) is 5.21. The molecule has 2 amide bonds. The molecule has 2 aliphatic rings. The number of hydrogen-bond donors (Lipinski definition) is 1. The molecule has 2 aromatic carbocycles. The molecule has 1 aliphatic carbocycles. The molecule has 0 atom stereocenters. The first kappa shape index (κ1) is 18.7. The topological polar surface area (TPSA) is 49.4 Å². The zero-order valence-corrected chi connectivity index (χ0v) is 16.5. The number of likely N-dealkylation sites (tertiary alicyclic amines) is 1. The van der Waals surface area contributed by atoms with Crippen LogP contribution in [-0.4, -0.2) is 35.8 Å². The predicted octanol–water partition coefficient (Wildman–Crippen LogP) is 3.84. The maximum Gasteiger partial charge on any atom is 0.251 e. The van der Waals surface area contributed by atoms with Gasteiger partial charge in [0.05, 0.1) is 5.41 Å². The Balaban J connectivity index is 1.37. The van der Waals surface area contributed by atoms with Crippen LogP contribution in [-0.2, 0) is 10.2 Å². The Bertz CT molecular complexity index is 850. The van der Waals surface area contributed by atoms with Crippen LogP contribution in [0.4, 0.5) is 0 Å². The highest BCUT2D eigenvalue weighted by molar-refractivity contribution is 5.95. The van der Waals surface area contributed by atoms with Crippen molar-refractivity contribution in [3.63, 3.8) is 0 Å². The normalized spacial score (nSPS) is 19.0. The lowest BCUT2D eigenvalue weighted by atomic mass is 9.63. The van der Waals surface area contributed by atoms with Gasteiger partial charge in [0.25, 0.3) is 5.91 Å². The molecule has 1 saturated heterocycles. The number of amides is 2. The largest absolute Gasteiger partial charge is 0.349 e. The zero-order valence-electron chi connectivity index (χ0n) is 16.5. The summed E-state index contributed by atoms with van der Waals surface area (Å²) in [7, 11) is 0. The van der Waals surface area contributed by atoms with Crippen LogP contribution in [0.25, 0.3) is 0 Å². The molecule has 0 aromatic heterocycles. The highest BCUT2D eigenvalue weighted by Crippen LogP contribution is 2.45. The third kappa shape index (κ3) is 3.44. The van der Waals surface area contributed by atoms with Crippen LogP contribution in [0.15, 0.2) is 54.6 Å². The summed E-state index contributed by atoms with van der Waals surface area (Å²) in [5, 5.41) is 3.16. The van der Waals surface area contributed by atoms with Gasteiger partial charge in [0.15, 0.2) is 0 Å². The number of hydrogen-bond acceptors (Lipinski definition) is 2. The van der Waals surface area contributed by atoms with Crippen molar-refractivity contribution in [2.45, 2.75) is 50.5 Å². The molecular weight excluding hydrogens is 348 g/mol. The number of nitrogens with one attached hydrogen (secondary N) is 1. The van der Waals surface area contributed by atoms with Crippen LogP contribution < -0.4 is 5.32 Å². The summed E-state index contributed by atoms with van der Waals surface area (Å²) in [4.78, 5) is 27.9. The van der Waals surface area contributed by atoms with Gasteiger partial charge in [-0.05, 0) is 49.8 Å². The molecule has 146 valence electrons. The van der Waals surface area contributed by atoms with Gasteiger partial charge in [-0.3, -0.25) is 9.59 Å². The minimum absolute atomic E-state index is 0.0115. The minimum Gasteiger partial charge on any atom is -0.349 e. The summed E-state index contributed by atoms with van der Waals surface area (Å²) in [6, 6.07) is 18.0. The lowest BCUT2D eigenvalue weighted by Crippen LogP contribution is -2.55. The summed E-state index contributed by atoms with van der Waals surface area (Å²) in [6.07, 6.45) is 4.63. The fraction of sp³-hybridized carbons (Fsp3) is 0.417. The lowest BCUT2D eigenvalue weighted by Gasteiger charge is -2.45. The van der Waals surface area contributed by atoms with E-state index in [2.05, 4.69) is 17.4 Å². The second-order valence-electron chi connectivity index (χ2n) is 8.16. The summed E-state index contributed by atoms with van der Waals surface area (Å²) in [5.41, 5.74) is 2.56. The first-order valence-corrected chi connectivity index (χ1v) is 10.3. The number of aryl methyl sites for hydroxylation is 1. The van der Waals surface area contributed by atoms with Gasteiger partial charge in [-0.25, -0.2) is 0 Å². The molecule has 1 aliphatic heterocycles. The molecule has 1 N–H and O–H groups in total. The van der Waals surface area contributed by atoms with Crippen LogP contribution in [0.3, 0.4) is 0 Å². The van der Waals surface area contributed by atoms with Crippen LogP contribution >= 0.6 is 0 Å². The van der Waals surface area contributed by atoms with Gasteiger partial charge in [0.1, 0.15) is 0 Å². The number of carbonyl (C=O) groups is 2. The average molecular weight is 377 g/mol. The quantitative estimate of drug-likeness (QED) is 0.881. The standard InChI is InChI=1S/C24H28N2O2/c1-18-8-5-6-11-21(18)22(27)25-20-12-16-26(17-13-20)23(28)24(14-7-15-24)19-9-3-2-4-10-19/h2-6,8-11,20H,7,12-17H2,1H3,(H,25,27). The Hall–Kier alpha value is -2.62. The summed E-state index contributed by atoms with van der Waals surface area (Å²) in [6.45, 7) is 3.39. The molecule has 4 nitrogen and oxygen atoms in total. The molecule has 0 unspecified atom stereocenters. The number of nitrogens with zero attached hydrogens (tertiary/aromatic N) is 1. The maximum atomic E-state index is 13.3. The fourth-order valence-corrected chi connectivity index (χ4v) is 4.53. The fourth-order valence-electron chi connectivity index (χ4n) is 4.53. The van der Waals surface area contributed by atoms with Crippen molar-refractivity contribution in [3.8, 4) is 0 Å². The van der Waals surface area contributed by atoms with Gasteiger partial charge in [-0.2, -0.15) is 0 Å². The first-order chi connectivity index (χ1) is 13.6. The van der Waals surface area contributed by atoms with E-state index in [0.717, 1.165) is 48.8 Å². The van der Waals surface area contributed by atoms with E-state index in [1.165, 1.54) is 0 Å². The summed E-state index contributed by atoms with van der Waals surface area (Å²) >= 11 is 0. The molecule has 1 saturated carbocycles. The van der Waals surface area contributed by atoms with Crippen molar-refractivity contribution < 1.29 is 9.59 Å². The lowest BCUT2D eigenvalue weighted by molar-refractivity contribution is -0.142. The number of benzene rings is 2. The molecular formula is C24H28N2O2. The van der Waals surface area contributed by atoms with E-state index < -0.39 is 0 Å². The van der Waals surface area contributed by atoms with E-state index >= 15 is 0 Å². The van der Waals surface area contributed by atoms with E-state index in [0.29, 0.717) is 13.1 Å². The Morgan fingerprint density at radius 2 is 1.61 bits per heavy atom. The average Bonchev–Trinajstić information content (AvgIpc) is 2.69. The van der Waals surface area contributed by atoms with Crippen molar-refractivity contribution in [3.05, 3.63) is 71.3 Å². The predicted molar refractivity (Wildman–Crippen MR) is 110 cm³/mol. The Morgan fingerprint density at radius 3 is 2.21 bits per heavy atom. The van der Waals surface area contributed by atoms with Crippen LogP contribution in [0.5, 0.6) is 0 Å². The van der Waals surface area contributed by atoms with Crippen LogP contribution in [0.2, 0.25) is 0 Å². The Morgan fingerprint density at radius 1 is 0.964 bits per heavy atom. The smallest absolute Gasteiger partial charge is 0.251 e. The van der Waals surface area contributed by atoms with Crippen molar-refractivity contribution in [2.75, 3.05) is 13.1 Å². The van der Waals surface area contributed by atoms with Crippen LogP contribution in [0, 0.1) is 6.92 Å². The molecule has 0 radical (unpaired) electrons. The van der Waals surface area contributed by atoms with Gasteiger partial charge >= 0.3 is 0 Å². The highest BCUT2D eigenvalue weighted by atomic mass is 16.2. The van der Waals surface area contributed by atoms with E-state index in [1.807, 2.05) is 54.3 Å². The van der Waals surface area contributed by atoms with E-state index in [-0.39, 0.29) is 23.3 Å². The molecule has 2 aromatic rings. The molecule has 28 heavy (non-hydrogen) atoms. The molecule has 0 bridgehead atoms. The van der Waals surface area contributed by atoms with E-state index in [1.54, 1.807) is 0 Å². The first-order valence-electron chi connectivity index (χ1n) is 10.3. The monoisotopic (exact) mass is 376 g/mol. The van der Waals surface area contributed by atoms with Crippen LogP contribution in [0.1, 0.15) is 53.6 Å². The van der Waals surface area contributed by atoms with Crippen molar-refractivity contribution >= 4 is 11.8 Å². The second kappa shape index (κ2) is 7.78. The number of rotatable bonds is 4. The third-order valence-electron chi connectivity index (χ3n) is 6.45. The van der Waals surface area contributed by atoms with Gasteiger partial charge in [0, 0.05) is 24.7 Å². The van der Waals surface area contributed by atoms with E-state index in [9.17, 15) is 9.59 Å². The second-order valence-corrected chi connectivity index (χ2v) is 8.16. The van der Waals surface area contributed by atoms with E-state index in [4.69, 9.17) is 0 Å². The molecule has 1 heterocycles. The SMILES string of the molecule is Cc1ccccc1C(=O)NC1CCN(C(=O)C2(c3ccccc3)CCC2)CC1. The maximum absolute atomic E-state index is 13.3. The molecule has 2 fully saturated rings. The minimum atomic E-state index is -0.321. The molecule has 0 spiro atoms. The Labute approximate surface area is 166 Å². The van der Waals surface area contributed by atoms with Gasteiger partial charge in [-0.15, -0.1) is 0 Å². The van der Waals surface area contributed by atoms with Crippen molar-refractivity contribution in [1.82, 2.24) is 10.2 Å². The zero-order chi connectivity index (χ0) is 19.6. The number of piperidine rings is 1. The third-order valence-corrected chi connectivity index (χ3v) is 6.45. The number of carbonyl (C=O) groups excluding carboxylic acids is 2.